The van der Waals surface area contributed by atoms with E-state index in [-0.39, 0.29) is 34.9 Å². The van der Waals surface area contributed by atoms with Crippen LogP contribution in [0.15, 0.2) is 21.5 Å². The molecule has 0 unspecified atom stereocenters. The Morgan fingerprint density at radius 3 is 2.45 bits per heavy atom. The number of likely N-dealkylation sites (N-methyl/N-ethyl adjacent to an activating group) is 1. The van der Waals surface area contributed by atoms with Gasteiger partial charge < -0.3 is 5.32 Å². The molecule has 0 bridgehead atoms. The van der Waals surface area contributed by atoms with Crippen LogP contribution in [0, 0.1) is 0 Å². The zero-order valence-electron chi connectivity index (χ0n) is 10.9. The summed E-state index contributed by atoms with van der Waals surface area (Å²) in [4.78, 5) is 0.00846. The molecule has 20 heavy (non-hydrogen) atoms. The summed E-state index contributed by atoms with van der Waals surface area (Å²) >= 11 is 15.0. The van der Waals surface area contributed by atoms with Gasteiger partial charge in [-0.1, -0.05) is 30.1 Å². The van der Waals surface area contributed by atoms with Crippen LogP contribution in [0.2, 0.25) is 10.0 Å². The number of rotatable bonds is 6. The summed E-state index contributed by atoms with van der Waals surface area (Å²) in [6, 6.07) is 2.83. The monoisotopic (exact) mass is 424 g/mol. The lowest BCUT2D eigenvalue weighted by Crippen LogP contribution is -2.38. The van der Waals surface area contributed by atoms with Gasteiger partial charge in [0.15, 0.2) is 0 Å². The molecule has 0 saturated heterocycles. The fourth-order valence-electron chi connectivity index (χ4n) is 1.44. The van der Waals surface area contributed by atoms with E-state index in [0.717, 1.165) is 6.54 Å². The molecule has 0 spiro atoms. The van der Waals surface area contributed by atoms with Crippen molar-refractivity contribution >= 4 is 61.6 Å². The molecule has 0 heterocycles. The normalized spacial score (nSPS) is 12.8. The molecule has 1 rings (SSSR count). The molecule has 0 amide bonds. The van der Waals surface area contributed by atoms with Crippen LogP contribution in [0.5, 0.6) is 0 Å². The van der Waals surface area contributed by atoms with E-state index in [9.17, 15) is 8.42 Å². The summed E-state index contributed by atoms with van der Waals surface area (Å²) in [5.74, 6) is 0. The number of benzene rings is 1. The van der Waals surface area contributed by atoms with Crippen molar-refractivity contribution in [3.05, 3.63) is 26.7 Å². The predicted molar refractivity (Wildman–Crippen MR) is 89.7 cm³/mol. The van der Waals surface area contributed by atoms with Gasteiger partial charge in [0, 0.05) is 17.1 Å². The van der Waals surface area contributed by atoms with Crippen molar-refractivity contribution in [1.82, 2.24) is 10.0 Å². The standard InChI is InChI=1S/C11H15BrCl2N2O2S.ClH/c1-3-15-7(2)6-16-19(17,18)11-4-8(12)9(13)5-10(11)14;/h4-5,7,15-16H,3,6H2,1-2H3;1H/t7-;/m1./s1. The molecule has 0 aromatic heterocycles. The van der Waals surface area contributed by atoms with Gasteiger partial charge in [-0.05, 0) is 41.5 Å². The van der Waals surface area contributed by atoms with Crippen LogP contribution in [0.4, 0.5) is 0 Å². The second kappa shape index (κ2) is 8.78. The van der Waals surface area contributed by atoms with Crippen molar-refractivity contribution in [2.45, 2.75) is 24.8 Å². The summed E-state index contributed by atoms with van der Waals surface area (Å²) in [5.41, 5.74) is 0. The molecule has 2 N–H and O–H groups in total. The first kappa shape index (κ1) is 20.4. The molecule has 116 valence electrons. The highest BCUT2D eigenvalue weighted by atomic mass is 79.9. The third-order valence-electron chi connectivity index (χ3n) is 2.40. The van der Waals surface area contributed by atoms with Gasteiger partial charge in [0.05, 0.1) is 10.0 Å². The lowest BCUT2D eigenvalue weighted by atomic mass is 10.3. The second-order valence-electron chi connectivity index (χ2n) is 4.01. The molecule has 1 atom stereocenters. The van der Waals surface area contributed by atoms with E-state index in [0.29, 0.717) is 9.50 Å². The maximum absolute atomic E-state index is 12.1. The number of halogens is 4. The Labute approximate surface area is 144 Å². The van der Waals surface area contributed by atoms with Crippen molar-refractivity contribution in [3.8, 4) is 0 Å². The largest absolute Gasteiger partial charge is 0.313 e. The fraction of sp³-hybridized carbons (Fsp3) is 0.455. The Hall–Kier alpha value is 0.440. The van der Waals surface area contributed by atoms with Crippen LogP contribution < -0.4 is 10.0 Å². The highest BCUT2D eigenvalue weighted by molar-refractivity contribution is 9.10. The van der Waals surface area contributed by atoms with E-state index in [1.165, 1.54) is 12.1 Å². The average molecular weight is 427 g/mol. The lowest BCUT2D eigenvalue weighted by molar-refractivity contribution is 0.536. The fourth-order valence-corrected chi connectivity index (χ4v) is 3.84. The molecule has 0 fully saturated rings. The summed E-state index contributed by atoms with van der Waals surface area (Å²) in [6.45, 7) is 4.91. The molecule has 0 saturated carbocycles. The first-order chi connectivity index (χ1) is 8.77. The van der Waals surface area contributed by atoms with Gasteiger partial charge in [0.1, 0.15) is 4.90 Å². The van der Waals surface area contributed by atoms with E-state index in [4.69, 9.17) is 23.2 Å². The number of hydrogen-bond donors (Lipinski definition) is 2. The van der Waals surface area contributed by atoms with Crippen LogP contribution in [-0.2, 0) is 10.0 Å². The molecule has 1 aromatic rings. The minimum Gasteiger partial charge on any atom is -0.313 e. The van der Waals surface area contributed by atoms with Gasteiger partial charge in [-0.15, -0.1) is 12.4 Å². The number of nitrogens with one attached hydrogen (secondary N) is 2. The summed E-state index contributed by atoms with van der Waals surface area (Å²) < 4.78 is 27.3. The van der Waals surface area contributed by atoms with Crippen molar-refractivity contribution in [2.24, 2.45) is 0 Å². The quantitative estimate of drug-likeness (QED) is 0.685. The van der Waals surface area contributed by atoms with Crippen LogP contribution >= 0.6 is 51.5 Å². The van der Waals surface area contributed by atoms with Crippen molar-refractivity contribution in [2.75, 3.05) is 13.1 Å². The SMILES string of the molecule is CCN[C@H](C)CNS(=O)(=O)c1cc(Br)c(Cl)cc1Cl.Cl. The van der Waals surface area contributed by atoms with Crippen LogP contribution in [0.3, 0.4) is 0 Å². The van der Waals surface area contributed by atoms with Crippen LogP contribution in [0.1, 0.15) is 13.8 Å². The predicted octanol–water partition coefficient (Wildman–Crippen LogP) is 3.45. The Bertz CT molecular complexity index is 555. The average Bonchev–Trinajstić information content (AvgIpc) is 2.31. The summed E-state index contributed by atoms with van der Waals surface area (Å²) in [7, 11) is -3.65. The van der Waals surface area contributed by atoms with Gasteiger partial charge in [0.25, 0.3) is 0 Å². The minimum atomic E-state index is -3.65. The summed E-state index contributed by atoms with van der Waals surface area (Å²) in [5, 5.41) is 3.57. The molecule has 0 aliphatic rings. The third-order valence-corrected chi connectivity index (χ3v) is 5.48. The highest BCUT2D eigenvalue weighted by Crippen LogP contribution is 2.31. The number of hydrogen-bond acceptors (Lipinski definition) is 3. The second-order valence-corrected chi connectivity index (χ2v) is 7.41. The maximum Gasteiger partial charge on any atom is 0.242 e. The topological polar surface area (TPSA) is 58.2 Å². The molecular weight excluding hydrogens is 410 g/mol. The highest BCUT2D eigenvalue weighted by Gasteiger charge is 2.20. The number of sulfonamides is 1. The van der Waals surface area contributed by atoms with Crippen molar-refractivity contribution < 1.29 is 8.42 Å². The van der Waals surface area contributed by atoms with Gasteiger partial charge in [-0.25, -0.2) is 13.1 Å². The van der Waals surface area contributed by atoms with Gasteiger partial charge in [0.2, 0.25) is 10.0 Å². The first-order valence-corrected chi connectivity index (χ1v) is 8.68. The Morgan fingerprint density at radius 1 is 1.30 bits per heavy atom. The zero-order valence-corrected chi connectivity index (χ0v) is 15.6. The summed E-state index contributed by atoms with van der Waals surface area (Å²) in [6.07, 6.45) is 0. The van der Waals surface area contributed by atoms with Gasteiger partial charge in [-0.2, -0.15) is 0 Å². The van der Waals surface area contributed by atoms with E-state index in [1.54, 1.807) is 0 Å². The zero-order chi connectivity index (χ0) is 14.6. The van der Waals surface area contributed by atoms with E-state index in [1.807, 2.05) is 13.8 Å². The minimum absolute atomic E-state index is 0. The Morgan fingerprint density at radius 2 is 1.90 bits per heavy atom. The van der Waals surface area contributed by atoms with E-state index in [2.05, 4.69) is 26.0 Å². The lowest BCUT2D eigenvalue weighted by Gasteiger charge is -2.14. The van der Waals surface area contributed by atoms with Crippen LogP contribution in [0.25, 0.3) is 0 Å². The van der Waals surface area contributed by atoms with Crippen molar-refractivity contribution in [1.29, 1.82) is 0 Å². The Kier molecular flexibility index (Phi) is 8.97. The molecule has 0 aliphatic carbocycles. The van der Waals surface area contributed by atoms with Crippen molar-refractivity contribution in [3.63, 3.8) is 0 Å². The van der Waals surface area contributed by atoms with E-state index >= 15 is 0 Å². The molecule has 0 aliphatic heterocycles. The van der Waals surface area contributed by atoms with Gasteiger partial charge >= 0.3 is 0 Å². The molecular formula is C11H16BrCl3N2O2S. The maximum atomic E-state index is 12.1. The molecule has 4 nitrogen and oxygen atoms in total. The van der Waals surface area contributed by atoms with Gasteiger partial charge in [-0.3, -0.25) is 0 Å². The molecule has 0 radical (unpaired) electrons. The third kappa shape index (κ3) is 5.67. The molecule has 9 heteroatoms. The van der Waals surface area contributed by atoms with Crippen LogP contribution in [-0.4, -0.2) is 27.5 Å². The van der Waals surface area contributed by atoms with E-state index < -0.39 is 10.0 Å². The smallest absolute Gasteiger partial charge is 0.242 e. The Balaban J connectivity index is 0.00000361. The molecule has 1 aromatic carbocycles. The first-order valence-electron chi connectivity index (χ1n) is 5.65.